The number of hydrogen-bond donors (Lipinski definition) is 1. The van der Waals surface area contributed by atoms with E-state index in [1.165, 1.54) is 16.4 Å². The molecule has 1 aromatic heterocycles. The maximum Gasteiger partial charge on any atom is 0.256 e. The second-order valence-electron chi connectivity index (χ2n) is 5.37. The van der Waals surface area contributed by atoms with Gasteiger partial charge in [-0.05, 0) is 18.2 Å². The molecule has 1 fully saturated rings. The number of ether oxygens (including phenoxy) is 1. The maximum absolute atomic E-state index is 12.6. The van der Waals surface area contributed by atoms with Gasteiger partial charge < -0.3 is 10.1 Å². The normalized spacial score (nSPS) is 16.0. The van der Waals surface area contributed by atoms with E-state index in [-0.39, 0.29) is 10.5 Å². The van der Waals surface area contributed by atoms with Crippen molar-refractivity contribution < 1.29 is 17.9 Å². The van der Waals surface area contributed by atoms with Crippen LogP contribution in [0.15, 0.2) is 41.4 Å². The Morgan fingerprint density at radius 3 is 2.67 bits per heavy atom. The standard InChI is InChI=1S/C15H18N4O4S/c1-18-6-5-14(17-18)16-15(20)12-3-2-4-13(11-12)24(21,22)19-7-9-23-10-8-19/h2-6,11H,7-10H2,1H3,(H,16,17,20). The number of aromatic nitrogens is 2. The summed E-state index contributed by atoms with van der Waals surface area (Å²) in [6.07, 6.45) is 1.70. The summed E-state index contributed by atoms with van der Waals surface area (Å²) in [5.74, 6) is -0.00309. The lowest BCUT2D eigenvalue weighted by Gasteiger charge is -2.26. The number of carbonyl (C=O) groups excluding carboxylic acids is 1. The van der Waals surface area contributed by atoms with Crippen molar-refractivity contribution in [2.24, 2.45) is 7.05 Å². The number of rotatable bonds is 4. The lowest BCUT2D eigenvalue weighted by atomic mass is 10.2. The first-order chi connectivity index (χ1) is 11.5. The number of nitrogens with zero attached hydrogens (tertiary/aromatic N) is 3. The quantitative estimate of drug-likeness (QED) is 0.876. The molecule has 0 bridgehead atoms. The van der Waals surface area contributed by atoms with Crippen molar-refractivity contribution >= 4 is 21.7 Å². The van der Waals surface area contributed by atoms with Crippen LogP contribution in [0.5, 0.6) is 0 Å². The van der Waals surface area contributed by atoms with Crippen molar-refractivity contribution in [3.8, 4) is 0 Å². The molecule has 1 aliphatic rings. The molecule has 2 heterocycles. The second kappa shape index (κ2) is 6.71. The molecule has 0 radical (unpaired) electrons. The topological polar surface area (TPSA) is 93.5 Å². The highest BCUT2D eigenvalue weighted by Gasteiger charge is 2.26. The van der Waals surface area contributed by atoms with Crippen LogP contribution in [-0.2, 0) is 21.8 Å². The van der Waals surface area contributed by atoms with Gasteiger partial charge in [-0.3, -0.25) is 9.48 Å². The van der Waals surface area contributed by atoms with Crippen LogP contribution in [0.1, 0.15) is 10.4 Å². The second-order valence-corrected chi connectivity index (χ2v) is 7.31. The van der Waals surface area contributed by atoms with E-state index in [1.807, 2.05) is 0 Å². The van der Waals surface area contributed by atoms with Gasteiger partial charge in [-0.2, -0.15) is 9.40 Å². The third-order valence-corrected chi connectivity index (χ3v) is 5.55. The molecule has 0 aliphatic carbocycles. The summed E-state index contributed by atoms with van der Waals surface area (Å²) in [4.78, 5) is 12.4. The van der Waals surface area contributed by atoms with Crippen molar-refractivity contribution in [1.82, 2.24) is 14.1 Å². The molecule has 9 heteroatoms. The largest absolute Gasteiger partial charge is 0.379 e. The lowest BCUT2D eigenvalue weighted by Crippen LogP contribution is -2.40. The van der Waals surface area contributed by atoms with Gasteiger partial charge in [0.05, 0.1) is 18.1 Å². The first-order valence-electron chi connectivity index (χ1n) is 7.46. The van der Waals surface area contributed by atoms with E-state index in [9.17, 15) is 13.2 Å². The number of amides is 1. The average molecular weight is 350 g/mol. The molecule has 1 aromatic carbocycles. The summed E-state index contributed by atoms with van der Waals surface area (Å²) in [6, 6.07) is 7.65. The Morgan fingerprint density at radius 2 is 2.00 bits per heavy atom. The molecule has 0 unspecified atom stereocenters. The monoisotopic (exact) mass is 350 g/mol. The van der Waals surface area contributed by atoms with E-state index in [2.05, 4.69) is 10.4 Å². The molecule has 1 saturated heterocycles. The van der Waals surface area contributed by atoms with Gasteiger partial charge in [0.15, 0.2) is 5.82 Å². The van der Waals surface area contributed by atoms with Gasteiger partial charge in [-0.1, -0.05) is 6.07 Å². The molecule has 0 spiro atoms. The summed E-state index contributed by atoms with van der Waals surface area (Å²) in [7, 11) is -1.89. The van der Waals surface area contributed by atoms with Crippen molar-refractivity contribution in [2.75, 3.05) is 31.6 Å². The van der Waals surface area contributed by atoms with Crippen molar-refractivity contribution in [2.45, 2.75) is 4.90 Å². The Kier molecular flexibility index (Phi) is 4.65. The highest BCUT2D eigenvalue weighted by molar-refractivity contribution is 7.89. The SMILES string of the molecule is Cn1ccc(NC(=O)c2cccc(S(=O)(=O)N3CCOCC3)c2)n1. The number of hydrogen-bond acceptors (Lipinski definition) is 5. The highest BCUT2D eigenvalue weighted by Crippen LogP contribution is 2.19. The molecule has 1 N–H and O–H groups in total. The fraction of sp³-hybridized carbons (Fsp3) is 0.333. The van der Waals surface area contributed by atoms with Crippen molar-refractivity contribution in [3.05, 3.63) is 42.1 Å². The maximum atomic E-state index is 12.6. The van der Waals surface area contributed by atoms with Gasteiger partial charge in [0, 0.05) is 38.0 Å². The average Bonchev–Trinajstić information content (AvgIpc) is 3.00. The molecule has 128 valence electrons. The third-order valence-electron chi connectivity index (χ3n) is 3.66. The van der Waals surface area contributed by atoms with Crippen LogP contribution < -0.4 is 5.32 Å². The molecular formula is C15H18N4O4S. The molecule has 1 aliphatic heterocycles. The third kappa shape index (κ3) is 3.48. The smallest absolute Gasteiger partial charge is 0.256 e. The van der Waals surface area contributed by atoms with Crippen LogP contribution >= 0.6 is 0 Å². The summed E-state index contributed by atoms with van der Waals surface area (Å²) in [6.45, 7) is 1.37. The number of carbonyl (C=O) groups is 1. The molecule has 3 rings (SSSR count). The van der Waals surface area contributed by atoms with Crippen LogP contribution in [0.25, 0.3) is 0 Å². The van der Waals surface area contributed by atoms with Crippen LogP contribution in [0.4, 0.5) is 5.82 Å². The zero-order chi connectivity index (χ0) is 17.2. The number of benzene rings is 1. The fourth-order valence-corrected chi connectivity index (χ4v) is 3.86. The molecule has 0 atom stereocenters. The number of nitrogens with one attached hydrogen (secondary N) is 1. The minimum Gasteiger partial charge on any atom is -0.379 e. The summed E-state index contributed by atoms with van der Waals surface area (Å²) in [5, 5.41) is 6.70. The summed E-state index contributed by atoms with van der Waals surface area (Å²) in [5.41, 5.74) is 0.259. The number of anilines is 1. The Morgan fingerprint density at radius 1 is 1.25 bits per heavy atom. The van der Waals surface area contributed by atoms with Gasteiger partial charge in [-0.15, -0.1) is 0 Å². The zero-order valence-corrected chi connectivity index (χ0v) is 14.0. The highest BCUT2D eigenvalue weighted by atomic mass is 32.2. The molecular weight excluding hydrogens is 332 g/mol. The van der Waals surface area contributed by atoms with E-state index >= 15 is 0 Å². The minimum absolute atomic E-state index is 0.0954. The Bertz CT molecular complexity index is 841. The van der Waals surface area contributed by atoms with Crippen LogP contribution in [0.2, 0.25) is 0 Å². The van der Waals surface area contributed by atoms with Gasteiger partial charge >= 0.3 is 0 Å². The van der Waals surface area contributed by atoms with Crippen molar-refractivity contribution in [1.29, 1.82) is 0 Å². The van der Waals surface area contributed by atoms with E-state index in [0.717, 1.165) is 0 Å². The molecule has 2 aromatic rings. The van der Waals surface area contributed by atoms with Crippen LogP contribution in [0.3, 0.4) is 0 Å². The molecule has 8 nitrogen and oxygen atoms in total. The minimum atomic E-state index is -3.63. The van der Waals surface area contributed by atoms with Crippen LogP contribution in [0, 0.1) is 0 Å². The molecule has 1 amide bonds. The fourth-order valence-electron chi connectivity index (χ4n) is 2.40. The lowest BCUT2D eigenvalue weighted by molar-refractivity contribution is 0.0730. The Labute approximate surface area is 140 Å². The van der Waals surface area contributed by atoms with Gasteiger partial charge in [0.25, 0.3) is 5.91 Å². The Balaban J connectivity index is 1.81. The van der Waals surface area contributed by atoms with E-state index < -0.39 is 15.9 Å². The van der Waals surface area contributed by atoms with Crippen LogP contribution in [-0.4, -0.2) is 54.7 Å². The Hall–Kier alpha value is -2.23. The predicted octanol–water partition coefficient (Wildman–Crippen LogP) is 0.693. The number of morpholine rings is 1. The summed E-state index contributed by atoms with van der Waals surface area (Å²) >= 11 is 0. The summed E-state index contributed by atoms with van der Waals surface area (Å²) < 4.78 is 33.4. The van der Waals surface area contributed by atoms with E-state index in [0.29, 0.717) is 32.1 Å². The first-order valence-corrected chi connectivity index (χ1v) is 8.90. The van der Waals surface area contributed by atoms with Gasteiger partial charge in [0.2, 0.25) is 10.0 Å². The zero-order valence-electron chi connectivity index (χ0n) is 13.2. The number of aryl methyl sites for hydroxylation is 1. The molecule has 24 heavy (non-hydrogen) atoms. The first kappa shape index (κ1) is 16.6. The molecule has 0 saturated carbocycles. The van der Waals surface area contributed by atoms with Gasteiger partial charge in [-0.25, -0.2) is 8.42 Å². The van der Waals surface area contributed by atoms with Gasteiger partial charge in [0.1, 0.15) is 0 Å². The number of sulfonamides is 1. The van der Waals surface area contributed by atoms with E-state index in [4.69, 9.17) is 4.74 Å². The van der Waals surface area contributed by atoms with Crippen molar-refractivity contribution in [3.63, 3.8) is 0 Å². The predicted molar refractivity (Wildman–Crippen MR) is 87.2 cm³/mol. The van der Waals surface area contributed by atoms with E-state index in [1.54, 1.807) is 36.1 Å².